The van der Waals surface area contributed by atoms with E-state index in [1.807, 2.05) is 0 Å². The Labute approximate surface area is 76.7 Å². The number of nitrogens with two attached hydrogens (primary N) is 1. The van der Waals surface area contributed by atoms with Crippen LogP contribution in [0.2, 0.25) is 0 Å². The predicted octanol–water partition coefficient (Wildman–Crippen LogP) is 2.94. The highest BCUT2D eigenvalue weighted by molar-refractivity contribution is 4.87. The lowest BCUT2D eigenvalue weighted by molar-refractivity contribution is 0.156. The van der Waals surface area contributed by atoms with Crippen LogP contribution < -0.4 is 5.73 Å². The molecule has 0 amide bonds. The molecule has 0 unspecified atom stereocenters. The maximum atomic E-state index is 5.91. The molecule has 0 aliphatic heterocycles. The molecule has 0 aromatic rings. The zero-order valence-electron chi connectivity index (χ0n) is 8.60. The monoisotopic (exact) mass is 169 g/mol. The Morgan fingerprint density at radius 2 is 1.67 bits per heavy atom. The summed E-state index contributed by atoms with van der Waals surface area (Å²) in [4.78, 5) is 0. The van der Waals surface area contributed by atoms with E-state index in [0.29, 0.717) is 5.41 Å². The minimum absolute atomic E-state index is 0.483. The molecule has 0 saturated heterocycles. The van der Waals surface area contributed by atoms with E-state index in [4.69, 9.17) is 5.73 Å². The van der Waals surface area contributed by atoms with Gasteiger partial charge in [0.05, 0.1) is 0 Å². The van der Waals surface area contributed by atoms with Gasteiger partial charge in [0.25, 0.3) is 0 Å². The van der Waals surface area contributed by atoms with E-state index in [-0.39, 0.29) is 0 Å². The van der Waals surface area contributed by atoms with Gasteiger partial charge in [0.2, 0.25) is 0 Å². The van der Waals surface area contributed by atoms with E-state index in [2.05, 4.69) is 13.8 Å². The first kappa shape index (κ1) is 10.0. The van der Waals surface area contributed by atoms with Crippen molar-refractivity contribution in [2.24, 2.45) is 17.1 Å². The Morgan fingerprint density at radius 3 is 2.00 bits per heavy atom. The molecule has 0 radical (unpaired) electrons. The fourth-order valence-electron chi connectivity index (χ4n) is 2.82. The minimum Gasteiger partial charge on any atom is -0.330 e. The summed E-state index contributed by atoms with van der Waals surface area (Å²) >= 11 is 0. The van der Waals surface area contributed by atoms with Crippen LogP contribution in [0.5, 0.6) is 0 Å². The molecule has 2 N–H and O–H groups in total. The van der Waals surface area contributed by atoms with Crippen molar-refractivity contribution in [3.63, 3.8) is 0 Å². The van der Waals surface area contributed by atoms with Crippen LogP contribution in [-0.2, 0) is 0 Å². The van der Waals surface area contributed by atoms with Gasteiger partial charge in [-0.05, 0) is 43.6 Å². The summed E-state index contributed by atoms with van der Waals surface area (Å²) < 4.78 is 0. The molecule has 0 heterocycles. The molecule has 1 heteroatoms. The van der Waals surface area contributed by atoms with Crippen molar-refractivity contribution in [1.29, 1.82) is 0 Å². The molecule has 1 fully saturated rings. The Balaban J connectivity index is 2.61. The van der Waals surface area contributed by atoms with Crippen LogP contribution in [0.4, 0.5) is 0 Å². The Morgan fingerprint density at radius 1 is 1.17 bits per heavy atom. The lowest BCUT2D eigenvalue weighted by atomic mass is 9.70. The molecular weight excluding hydrogens is 146 g/mol. The molecule has 0 spiro atoms. The Hall–Kier alpha value is -0.0400. The van der Waals surface area contributed by atoms with E-state index in [0.717, 1.165) is 12.5 Å². The van der Waals surface area contributed by atoms with Crippen molar-refractivity contribution >= 4 is 0 Å². The second-order valence-electron chi connectivity index (χ2n) is 4.25. The molecule has 0 bridgehead atoms. The van der Waals surface area contributed by atoms with Crippen LogP contribution in [0, 0.1) is 11.3 Å². The maximum absolute atomic E-state index is 5.91. The van der Waals surface area contributed by atoms with Crippen molar-refractivity contribution in [3.05, 3.63) is 0 Å². The number of hydrogen-bond donors (Lipinski definition) is 1. The molecule has 1 aliphatic carbocycles. The molecule has 1 rings (SSSR count). The first-order valence-electron chi connectivity index (χ1n) is 5.49. The molecular formula is C11H23N. The lowest BCUT2D eigenvalue weighted by Gasteiger charge is -2.36. The SMILES string of the molecule is CCC(CC)(CN)C1CCCC1. The van der Waals surface area contributed by atoms with Crippen LogP contribution >= 0.6 is 0 Å². The topological polar surface area (TPSA) is 26.0 Å². The van der Waals surface area contributed by atoms with Gasteiger partial charge in [-0.15, -0.1) is 0 Å². The zero-order chi connectivity index (χ0) is 9.03. The van der Waals surface area contributed by atoms with E-state index in [1.54, 1.807) is 0 Å². The first-order chi connectivity index (χ1) is 5.79. The molecule has 72 valence electrons. The average Bonchev–Trinajstić information content (AvgIpc) is 2.62. The smallest absolute Gasteiger partial charge is 0.00181 e. The molecule has 12 heavy (non-hydrogen) atoms. The summed E-state index contributed by atoms with van der Waals surface area (Å²) in [5.41, 5.74) is 6.39. The average molecular weight is 169 g/mol. The molecule has 0 aromatic carbocycles. The second-order valence-corrected chi connectivity index (χ2v) is 4.25. The van der Waals surface area contributed by atoms with E-state index >= 15 is 0 Å². The third kappa shape index (κ3) is 1.66. The lowest BCUT2D eigenvalue weighted by Crippen LogP contribution is -2.35. The Bertz CT molecular complexity index is 113. The quantitative estimate of drug-likeness (QED) is 0.688. The van der Waals surface area contributed by atoms with Crippen LogP contribution in [0.1, 0.15) is 52.4 Å². The van der Waals surface area contributed by atoms with Gasteiger partial charge in [-0.25, -0.2) is 0 Å². The molecule has 1 aliphatic rings. The summed E-state index contributed by atoms with van der Waals surface area (Å²) in [6, 6.07) is 0. The van der Waals surface area contributed by atoms with Crippen molar-refractivity contribution in [1.82, 2.24) is 0 Å². The zero-order valence-corrected chi connectivity index (χ0v) is 8.60. The summed E-state index contributed by atoms with van der Waals surface area (Å²) in [6.07, 6.45) is 8.27. The third-order valence-corrected chi connectivity index (χ3v) is 4.04. The van der Waals surface area contributed by atoms with Crippen molar-refractivity contribution in [2.75, 3.05) is 6.54 Å². The van der Waals surface area contributed by atoms with Crippen molar-refractivity contribution in [2.45, 2.75) is 52.4 Å². The van der Waals surface area contributed by atoms with Gasteiger partial charge in [0, 0.05) is 0 Å². The van der Waals surface area contributed by atoms with Crippen LogP contribution in [-0.4, -0.2) is 6.54 Å². The highest BCUT2D eigenvalue weighted by atomic mass is 14.6. The van der Waals surface area contributed by atoms with Gasteiger partial charge in [-0.2, -0.15) is 0 Å². The fraction of sp³-hybridized carbons (Fsp3) is 1.00. The second kappa shape index (κ2) is 4.27. The summed E-state index contributed by atoms with van der Waals surface area (Å²) in [7, 11) is 0. The van der Waals surface area contributed by atoms with Gasteiger partial charge < -0.3 is 5.73 Å². The summed E-state index contributed by atoms with van der Waals surface area (Å²) in [5.74, 6) is 0.928. The number of rotatable bonds is 4. The highest BCUT2D eigenvalue weighted by Gasteiger charge is 2.35. The van der Waals surface area contributed by atoms with Crippen LogP contribution in [0.15, 0.2) is 0 Å². The van der Waals surface area contributed by atoms with Gasteiger partial charge in [-0.3, -0.25) is 0 Å². The predicted molar refractivity (Wildman–Crippen MR) is 54.0 cm³/mol. The maximum Gasteiger partial charge on any atom is -0.00181 e. The number of hydrogen-bond acceptors (Lipinski definition) is 1. The summed E-state index contributed by atoms with van der Waals surface area (Å²) in [5, 5.41) is 0. The van der Waals surface area contributed by atoms with E-state index in [9.17, 15) is 0 Å². The molecule has 0 atom stereocenters. The third-order valence-electron chi connectivity index (χ3n) is 4.04. The van der Waals surface area contributed by atoms with Gasteiger partial charge in [0.1, 0.15) is 0 Å². The van der Waals surface area contributed by atoms with Gasteiger partial charge in [0.15, 0.2) is 0 Å². The minimum atomic E-state index is 0.483. The van der Waals surface area contributed by atoms with Gasteiger partial charge >= 0.3 is 0 Å². The highest BCUT2D eigenvalue weighted by Crippen LogP contribution is 2.43. The normalized spacial score (nSPS) is 20.2. The van der Waals surface area contributed by atoms with Crippen molar-refractivity contribution in [3.8, 4) is 0 Å². The fourth-order valence-corrected chi connectivity index (χ4v) is 2.82. The van der Waals surface area contributed by atoms with Crippen LogP contribution in [0.25, 0.3) is 0 Å². The van der Waals surface area contributed by atoms with E-state index < -0.39 is 0 Å². The standard InChI is InChI=1S/C11H23N/c1-3-11(4-2,9-12)10-7-5-6-8-10/h10H,3-9,12H2,1-2H3. The Kier molecular flexibility index (Phi) is 3.57. The largest absolute Gasteiger partial charge is 0.330 e. The van der Waals surface area contributed by atoms with E-state index in [1.165, 1.54) is 38.5 Å². The molecule has 1 nitrogen and oxygen atoms in total. The molecule has 1 saturated carbocycles. The van der Waals surface area contributed by atoms with Crippen molar-refractivity contribution < 1.29 is 0 Å². The van der Waals surface area contributed by atoms with Gasteiger partial charge in [-0.1, -0.05) is 26.7 Å². The summed E-state index contributed by atoms with van der Waals surface area (Å²) in [6.45, 7) is 5.49. The van der Waals surface area contributed by atoms with Crippen LogP contribution in [0.3, 0.4) is 0 Å². The molecule has 0 aromatic heterocycles. The first-order valence-corrected chi connectivity index (χ1v) is 5.49.